The number of hydrogen-bond donors (Lipinski definition) is 1. The maximum Gasteiger partial charge on any atom is 0.0590 e. The monoisotopic (exact) mass is 533 g/mol. The molecule has 1 saturated carbocycles. The van der Waals surface area contributed by atoms with Gasteiger partial charge in [-0.15, -0.1) is 11.3 Å². The van der Waals surface area contributed by atoms with Crippen molar-refractivity contribution in [3.8, 4) is 11.1 Å². The lowest BCUT2D eigenvalue weighted by molar-refractivity contribution is 0.446. The van der Waals surface area contributed by atoms with Gasteiger partial charge in [0, 0.05) is 21.2 Å². The molecule has 1 aliphatic rings. The third kappa shape index (κ3) is 4.06. The summed E-state index contributed by atoms with van der Waals surface area (Å²) in [5, 5.41) is 11.9. The van der Waals surface area contributed by atoms with Crippen LogP contribution in [-0.2, 0) is 0 Å². The summed E-state index contributed by atoms with van der Waals surface area (Å²) in [6.07, 6.45) is 6.72. The van der Waals surface area contributed by atoms with Gasteiger partial charge in [0.15, 0.2) is 0 Å². The van der Waals surface area contributed by atoms with Gasteiger partial charge in [0.2, 0.25) is 0 Å². The molecule has 7 aromatic rings. The smallest absolute Gasteiger partial charge is 0.0590 e. The first-order valence-electron chi connectivity index (χ1n) is 14.5. The Balaban J connectivity index is 1.20. The van der Waals surface area contributed by atoms with Gasteiger partial charge in [-0.05, 0) is 87.3 Å². The van der Waals surface area contributed by atoms with E-state index in [9.17, 15) is 0 Å². The average Bonchev–Trinajstić information content (AvgIpc) is 3.42. The zero-order valence-electron chi connectivity index (χ0n) is 22.5. The fourth-order valence-electron chi connectivity index (χ4n) is 6.76. The molecule has 0 bridgehead atoms. The van der Waals surface area contributed by atoms with Crippen LogP contribution in [0.4, 0.5) is 11.4 Å². The van der Waals surface area contributed by atoms with E-state index >= 15 is 0 Å². The van der Waals surface area contributed by atoms with Crippen LogP contribution in [0.25, 0.3) is 52.8 Å². The molecule has 0 atom stereocenters. The first kappa shape index (κ1) is 23.7. The van der Waals surface area contributed by atoms with Crippen LogP contribution >= 0.6 is 11.3 Å². The van der Waals surface area contributed by atoms with Crippen LogP contribution in [0, 0.1) is 0 Å². The molecule has 1 nitrogen and oxygen atoms in total. The highest BCUT2D eigenvalue weighted by molar-refractivity contribution is 7.26. The SMILES string of the molecule is c1ccc2cc(-c3ccc(Nc4cccc5c4sc4c(C6CCCCC6)cc6ccccc6c45)cc3)ccc2c1. The molecule has 0 saturated heterocycles. The van der Waals surface area contributed by atoms with E-state index in [2.05, 4.69) is 121 Å². The molecular formula is C38H31NS. The standard InChI is InChI=1S/C38H31NS/c1-2-10-27(11-3-1)34-24-30-13-6-7-14-32(30)36-33-15-8-16-35(37(33)40-38(34)36)39-31-21-19-26(20-22-31)29-18-17-25-9-4-5-12-28(25)23-29/h4-9,12-24,27,39H,1-3,10-11H2. The van der Waals surface area contributed by atoms with Crippen molar-refractivity contribution >= 4 is 64.4 Å². The van der Waals surface area contributed by atoms with Crippen LogP contribution in [0.2, 0.25) is 0 Å². The first-order valence-corrected chi connectivity index (χ1v) is 15.4. The molecule has 0 aliphatic heterocycles. The topological polar surface area (TPSA) is 12.0 Å². The molecule has 0 unspecified atom stereocenters. The van der Waals surface area contributed by atoms with Gasteiger partial charge in [-0.25, -0.2) is 0 Å². The lowest BCUT2D eigenvalue weighted by Crippen LogP contribution is -2.04. The van der Waals surface area contributed by atoms with Crippen molar-refractivity contribution in [2.45, 2.75) is 38.0 Å². The molecule has 194 valence electrons. The Hall–Kier alpha value is -4.14. The Morgan fingerprint density at radius 1 is 0.550 bits per heavy atom. The molecule has 8 rings (SSSR count). The highest BCUT2D eigenvalue weighted by Crippen LogP contribution is 2.47. The van der Waals surface area contributed by atoms with E-state index in [1.54, 1.807) is 5.56 Å². The lowest BCUT2D eigenvalue weighted by Gasteiger charge is -2.23. The number of benzene rings is 6. The second-order valence-electron chi connectivity index (χ2n) is 11.3. The number of hydrogen-bond acceptors (Lipinski definition) is 2. The second kappa shape index (κ2) is 9.80. The van der Waals surface area contributed by atoms with Gasteiger partial charge in [-0.3, -0.25) is 0 Å². The molecule has 0 radical (unpaired) electrons. The Morgan fingerprint density at radius 2 is 1.27 bits per heavy atom. The van der Waals surface area contributed by atoms with Gasteiger partial charge < -0.3 is 5.32 Å². The van der Waals surface area contributed by atoms with E-state index < -0.39 is 0 Å². The summed E-state index contributed by atoms with van der Waals surface area (Å²) >= 11 is 1.98. The summed E-state index contributed by atoms with van der Waals surface area (Å²) in [6, 6.07) is 42.4. The zero-order valence-corrected chi connectivity index (χ0v) is 23.3. The largest absolute Gasteiger partial charge is 0.354 e. The molecule has 1 N–H and O–H groups in total. The summed E-state index contributed by atoms with van der Waals surface area (Å²) < 4.78 is 2.84. The van der Waals surface area contributed by atoms with Crippen LogP contribution in [0.3, 0.4) is 0 Å². The van der Waals surface area contributed by atoms with E-state index in [0.29, 0.717) is 5.92 Å². The molecule has 40 heavy (non-hydrogen) atoms. The maximum atomic E-state index is 3.77. The minimum absolute atomic E-state index is 0.674. The third-order valence-electron chi connectivity index (χ3n) is 8.81. The van der Waals surface area contributed by atoms with Crippen molar-refractivity contribution in [3.05, 3.63) is 121 Å². The Labute approximate surface area is 239 Å². The van der Waals surface area contributed by atoms with Crippen LogP contribution < -0.4 is 5.32 Å². The van der Waals surface area contributed by atoms with E-state index in [1.165, 1.54) is 90.6 Å². The van der Waals surface area contributed by atoms with Crippen LogP contribution in [0.5, 0.6) is 0 Å². The number of fused-ring (bicyclic) bond motifs is 6. The van der Waals surface area contributed by atoms with Gasteiger partial charge in [-0.1, -0.05) is 104 Å². The van der Waals surface area contributed by atoms with Gasteiger partial charge in [0.05, 0.1) is 10.4 Å². The van der Waals surface area contributed by atoms with Crippen molar-refractivity contribution in [1.82, 2.24) is 0 Å². The summed E-state index contributed by atoms with van der Waals surface area (Å²) in [5.74, 6) is 0.674. The van der Waals surface area contributed by atoms with Gasteiger partial charge in [0.1, 0.15) is 0 Å². The molecule has 0 spiro atoms. The fraction of sp³-hybridized carbons (Fsp3) is 0.158. The molecule has 1 heterocycles. The van der Waals surface area contributed by atoms with E-state index in [-0.39, 0.29) is 0 Å². The maximum absolute atomic E-state index is 3.77. The molecule has 6 aromatic carbocycles. The van der Waals surface area contributed by atoms with Gasteiger partial charge in [-0.2, -0.15) is 0 Å². The first-order chi connectivity index (χ1) is 19.8. The van der Waals surface area contributed by atoms with Crippen LogP contribution in [0.1, 0.15) is 43.6 Å². The molecule has 1 fully saturated rings. The zero-order chi connectivity index (χ0) is 26.5. The molecule has 2 heteroatoms. The van der Waals surface area contributed by atoms with Crippen LogP contribution in [-0.4, -0.2) is 0 Å². The summed E-state index contributed by atoms with van der Waals surface area (Å²) in [5.41, 5.74) is 6.36. The number of nitrogens with one attached hydrogen (secondary N) is 1. The Kier molecular flexibility index (Phi) is 5.81. The molecular weight excluding hydrogens is 502 g/mol. The summed E-state index contributed by atoms with van der Waals surface area (Å²) in [4.78, 5) is 0. The highest BCUT2D eigenvalue weighted by Gasteiger charge is 2.22. The lowest BCUT2D eigenvalue weighted by atomic mass is 9.82. The van der Waals surface area contributed by atoms with E-state index in [0.717, 1.165) is 5.69 Å². The summed E-state index contributed by atoms with van der Waals surface area (Å²) in [7, 11) is 0. The van der Waals surface area contributed by atoms with Crippen molar-refractivity contribution in [2.24, 2.45) is 0 Å². The van der Waals surface area contributed by atoms with Crippen molar-refractivity contribution in [3.63, 3.8) is 0 Å². The predicted molar refractivity (Wildman–Crippen MR) is 175 cm³/mol. The summed E-state index contributed by atoms with van der Waals surface area (Å²) in [6.45, 7) is 0. The minimum Gasteiger partial charge on any atom is -0.354 e. The Bertz CT molecular complexity index is 2010. The number of anilines is 2. The Morgan fingerprint density at radius 3 is 2.12 bits per heavy atom. The van der Waals surface area contributed by atoms with Crippen molar-refractivity contribution in [2.75, 3.05) is 5.32 Å². The average molecular weight is 534 g/mol. The normalized spacial score (nSPS) is 14.4. The predicted octanol–water partition coefficient (Wildman–Crippen LogP) is 11.8. The molecule has 1 aliphatic carbocycles. The third-order valence-corrected chi connectivity index (χ3v) is 10.1. The molecule has 0 amide bonds. The quantitative estimate of drug-likeness (QED) is 0.237. The van der Waals surface area contributed by atoms with E-state index in [1.807, 2.05) is 11.3 Å². The minimum atomic E-state index is 0.674. The van der Waals surface area contributed by atoms with Crippen LogP contribution in [0.15, 0.2) is 115 Å². The fourth-order valence-corrected chi connectivity index (χ4v) is 8.14. The van der Waals surface area contributed by atoms with Gasteiger partial charge in [0.25, 0.3) is 0 Å². The van der Waals surface area contributed by atoms with Crippen molar-refractivity contribution in [1.29, 1.82) is 0 Å². The van der Waals surface area contributed by atoms with Crippen molar-refractivity contribution < 1.29 is 0 Å². The number of thiophene rings is 1. The number of rotatable bonds is 4. The second-order valence-corrected chi connectivity index (χ2v) is 12.3. The highest BCUT2D eigenvalue weighted by atomic mass is 32.1. The van der Waals surface area contributed by atoms with Gasteiger partial charge >= 0.3 is 0 Å². The molecule has 1 aromatic heterocycles. The van der Waals surface area contributed by atoms with E-state index in [4.69, 9.17) is 0 Å².